The van der Waals surface area contributed by atoms with Crippen molar-refractivity contribution in [3.05, 3.63) is 18.3 Å². The van der Waals surface area contributed by atoms with Gasteiger partial charge < -0.3 is 10.6 Å². The molecule has 0 aliphatic carbocycles. The third kappa shape index (κ3) is 8.64. The lowest BCUT2D eigenvalue weighted by Crippen LogP contribution is -2.47. The van der Waals surface area contributed by atoms with Crippen molar-refractivity contribution in [2.75, 3.05) is 43.4 Å². The summed E-state index contributed by atoms with van der Waals surface area (Å²) < 4.78 is 36.4. The lowest BCUT2D eigenvalue weighted by Gasteiger charge is -2.36. The number of nitrogens with two attached hydrogens (primary N) is 1. The maximum atomic E-state index is 12.1. The molecular formula is C16H29F3N4. The Balaban J connectivity index is 0.00000112. The first-order valence-electron chi connectivity index (χ1n) is 8.20. The van der Waals surface area contributed by atoms with Crippen LogP contribution in [-0.2, 0) is 0 Å². The molecule has 0 saturated carbocycles. The van der Waals surface area contributed by atoms with Gasteiger partial charge in [-0.3, -0.25) is 4.90 Å². The number of anilines is 2. The fourth-order valence-corrected chi connectivity index (χ4v) is 2.10. The number of nitrogen functional groups attached to an aromatic ring is 1. The number of piperazine rings is 1. The van der Waals surface area contributed by atoms with Gasteiger partial charge in [0.2, 0.25) is 0 Å². The molecule has 7 heteroatoms. The largest absolute Gasteiger partial charge is 0.390 e. The summed E-state index contributed by atoms with van der Waals surface area (Å²) in [5, 5.41) is 0. The summed E-state index contributed by atoms with van der Waals surface area (Å²) in [4.78, 5) is 7.97. The van der Waals surface area contributed by atoms with E-state index in [1.54, 1.807) is 12.3 Å². The summed E-state index contributed by atoms with van der Waals surface area (Å²) in [7, 11) is 0. The Labute approximate surface area is 137 Å². The molecule has 4 nitrogen and oxygen atoms in total. The summed E-state index contributed by atoms with van der Waals surface area (Å²) in [5.41, 5.74) is 6.48. The number of aromatic nitrogens is 1. The van der Waals surface area contributed by atoms with Crippen LogP contribution in [-0.4, -0.2) is 48.8 Å². The van der Waals surface area contributed by atoms with Crippen LogP contribution in [0.2, 0.25) is 0 Å². The molecule has 1 aliphatic heterocycles. The molecule has 0 atom stereocenters. The van der Waals surface area contributed by atoms with Crippen LogP contribution in [0.1, 0.15) is 34.1 Å². The highest BCUT2D eigenvalue weighted by molar-refractivity contribution is 5.48. The fraction of sp³-hybridized carbons (Fsp3) is 0.688. The van der Waals surface area contributed by atoms with Gasteiger partial charge in [0.15, 0.2) is 0 Å². The van der Waals surface area contributed by atoms with Crippen LogP contribution < -0.4 is 10.6 Å². The van der Waals surface area contributed by atoms with Crippen molar-refractivity contribution in [2.24, 2.45) is 0 Å². The van der Waals surface area contributed by atoms with Crippen molar-refractivity contribution in [3.8, 4) is 0 Å². The summed E-state index contributed by atoms with van der Waals surface area (Å²) >= 11 is 0. The zero-order chi connectivity index (χ0) is 17.9. The number of nitrogens with zero attached hydrogens (tertiary/aromatic N) is 3. The molecule has 0 unspecified atom stereocenters. The quantitative estimate of drug-likeness (QED) is 0.913. The molecule has 23 heavy (non-hydrogen) atoms. The van der Waals surface area contributed by atoms with Crippen LogP contribution in [0.3, 0.4) is 0 Å². The highest BCUT2D eigenvalue weighted by Crippen LogP contribution is 2.21. The molecule has 0 amide bonds. The van der Waals surface area contributed by atoms with Gasteiger partial charge in [-0.15, -0.1) is 0 Å². The molecular weight excluding hydrogens is 305 g/mol. The first-order chi connectivity index (χ1) is 10.9. The Morgan fingerprint density at radius 3 is 2.04 bits per heavy atom. The van der Waals surface area contributed by atoms with Crippen LogP contribution in [0.15, 0.2) is 18.3 Å². The molecule has 1 aromatic rings. The highest BCUT2D eigenvalue weighted by Gasteiger charge is 2.28. The Kier molecular flexibility index (Phi) is 10.4. The van der Waals surface area contributed by atoms with Gasteiger partial charge in [-0.05, 0) is 12.1 Å². The molecule has 0 spiro atoms. The average Bonchev–Trinajstić information content (AvgIpc) is 2.57. The second-order valence-corrected chi connectivity index (χ2v) is 4.64. The fourth-order valence-electron chi connectivity index (χ4n) is 2.10. The molecule has 1 aliphatic rings. The van der Waals surface area contributed by atoms with Crippen LogP contribution in [0.25, 0.3) is 0 Å². The van der Waals surface area contributed by atoms with Crippen molar-refractivity contribution >= 4 is 11.5 Å². The number of pyridine rings is 1. The average molecular weight is 334 g/mol. The van der Waals surface area contributed by atoms with E-state index in [0.29, 0.717) is 32.0 Å². The molecule has 1 saturated heterocycles. The van der Waals surface area contributed by atoms with Gasteiger partial charge in [-0.2, -0.15) is 13.2 Å². The first-order valence-corrected chi connectivity index (χ1v) is 8.20. The second-order valence-electron chi connectivity index (χ2n) is 4.64. The van der Waals surface area contributed by atoms with Gasteiger partial charge in [0.25, 0.3) is 0 Å². The van der Waals surface area contributed by atoms with Crippen molar-refractivity contribution in [1.29, 1.82) is 0 Å². The second kappa shape index (κ2) is 11.1. The van der Waals surface area contributed by atoms with Gasteiger partial charge in [-0.1, -0.05) is 27.7 Å². The third-order valence-electron chi connectivity index (χ3n) is 3.22. The van der Waals surface area contributed by atoms with Crippen molar-refractivity contribution < 1.29 is 13.2 Å². The minimum Gasteiger partial charge on any atom is -0.384 e. The summed E-state index contributed by atoms with van der Waals surface area (Å²) in [5.74, 6) is 0.465. The summed E-state index contributed by atoms with van der Waals surface area (Å²) in [6.07, 6.45) is -3.12. The maximum Gasteiger partial charge on any atom is 0.390 e. The molecule has 134 valence electrons. The lowest BCUT2D eigenvalue weighted by atomic mass is 10.2. The van der Waals surface area contributed by atoms with Gasteiger partial charge in [-0.25, -0.2) is 4.98 Å². The zero-order valence-corrected chi connectivity index (χ0v) is 14.5. The van der Waals surface area contributed by atoms with E-state index in [1.165, 1.54) is 0 Å². The van der Waals surface area contributed by atoms with Crippen LogP contribution in [0.5, 0.6) is 0 Å². The molecule has 2 N–H and O–H groups in total. The molecule has 1 fully saturated rings. The van der Waals surface area contributed by atoms with E-state index in [-0.39, 0.29) is 6.54 Å². The van der Waals surface area contributed by atoms with Gasteiger partial charge in [0.1, 0.15) is 5.82 Å². The number of alkyl halides is 3. The van der Waals surface area contributed by atoms with Gasteiger partial charge in [0, 0.05) is 32.7 Å². The molecule has 2 rings (SSSR count). The number of rotatable bonds is 3. The van der Waals surface area contributed by atoms with Crippen molar-refractivity contribution in [2.45, 2.75) is 40.3 Å². The number of hydrogen-bond acceptors (Lipinski definition) is 4. The number of halogens is 3. The Morgan fingerprint density at radius 2 is 1.61 bits per heavy atom. The standard InChI is InChI=1S/C12H17F3N4.2C2H6/c13-12(14,15)3-4-18-5-7-19(8-6-18)10-1-2-11(16)17-9-10;2*1-2/h1-2,9H,3-8H2,(H2,16,17);2*1-2H3. The van der Waals surface area contributed by atoms with E-state index in [2.05, 4.69) is 9.88 Å². The normalized spacial score (nSPS) is 15.2. The molecule has 0 radical (unpaired) electrons. The predicted octanol–water partition coefficient (Wildman–Crippen LogP) is 3.79. The monoisotopic (exact) mass is 334 g/mol. The zero-order valence-electron chi connectivity index (χ0n) is 14.5. The van der Waals surface area contributed by atoms with Gasteiger partial charge in [0.05, 0.1) is 18.3 Å². The van der Waals surface area contributed by atoms with E-state index in [0.717, 1.165) is 5.69 Å². The Hall–Kier alpha value is -1.50. The van der Waals surface area contributed by atoms with Crippen LogP contribution in [0.4, 0.5) is 24.7 Å². The maximum absolute atomic E-state index is 12.1. The Morgan fingerprint density at radius 1 is 1.04 bits per heavy atom. The first kappa shape index (κ1) is 21.5. The number of hydrogen-bond donors (Lipinski definition) is 1. The highest BCUT2D eigenvalue weighted by atomic mass is 19.4. The van der Waals surface area contributed by atoms with Gasteiger partial charge >= 0.3 is 6.18 Å². The van der Waals surface area contributed by atoms with Crippen molar-refractivity contribution in [1.82, 2.24) is 9.88 Å². The van der Waals surface area contributed by atoms with Crippen molar-refractivity contribution in [3.63, 3.8) is 0 Å². The van der Waals surface area contributed by atoms with E-state index in [4.69, 9.17) is 5.73 Å². The Bertz CT molecular complexity index is 399. The third-order valence-corrected chi connectivity index (χ3v) is 3.22. The van der Waals surface area contributed by atoms with Crippen LogP contribution in [0, 0.1) is 0 Å². The smallest absolute Gasteiger partial charge is 0.384 e. The topological polar surface area (TPSA) is 45.4 Å². The van der Waals surface area contributed by atoms with E-state index < -0.39 is 12.6 Å². The van der Waals surface area contributed by atoms with Crippen LogP contribution >= 0.6 is 0 Å². The predicted molar refractivity (Wildman–Crippen MR) is 90.7 cm³/mol. The van der Waals surface area contributed by atoms with E-state index in [1.807, 2.05) is 38.7 Å². The SMILES string of the molecule is CC.CC.Nc1ccc(N2CCN(CCC(F)(F)F)CC2)cn1. The summed E-state index contributed by atoms with van der Waals surface area (Å²) in [6.45, 7) is 10.8. The molecule has 2 heterocycles. The molecule has 0 bridgehead atoms. The summed E-state index contributed by atoms with van der Waals surface area (Å²) in [6, 6.07) is 3.61. The van der Waals surface area contributed by atoms with E-state index >= 15 is 0 Å². The minimum atomic E-state index is -4.07. The molecule has 0 aromatic carbocycles. The minimum absolute atomic E-state index is 0.0807. The molecule has 1 aromatic heterocycles. The van der Waals surface area contributed by atoms with E-state index in [9.17, 15) is 13.2 Å². The lowest BCUT2D eigenvalue weighted by molar-refractivity contribution is -0.138.